The average Bonchev–Trinajstić information content (AvgIpc) is 3.30. The van der Waals surface area contributed by atoms with Gasteiger partial charge in [-0.1, -0.05) is 18.2 Å². The lowest BCUT2D eigenvalue weighted by atomic mass is 9.95. The van der Waals surface area contributed by atoms with E-state index in [4.69, 9.17) is 9.84 Å². The van der Waals surface area contributed by atoms with Gasteiger partial charge in [-0.05, 0) is 56.9 Å². The van der Waals surface area contributed by atoms with E-state index in [1.165, 1.54) is 0 Å². The van der Waals surface area contributed by atoms with Crippen LogP contribution in [0.4, 0.5) is 0 Å². The van der Waals surface area contributed by atoms with Gasteiger partial charge in [-0.15, -0.1) is 0 Å². The highest BCUT2D eigenvalue weighted by atomic mass is 16.5. The molecule has 5 rings (SSSR count). The highest BCUT2D eigenvalue weighted by molar-refractivity contribution is 6.00. The highest BCUT2D eigenvalue weighted by Gasteiger charge is 2.30. The molecular formula is C27H33N5O2. The van der Waals surface area contributed by atoms with Crippen molar-refractivity contribution in [1.82, 2.24) is 24.6 Å². The molecule has 2 saturated heterocycles. The molecule has 0 spiro atoms. The molecule has 7 nitrogen and oxygen atoms in total. The molecule has 2 aromatic heterocycles. The van der Waals surface area contributed by atoms with Gasteiger partial charge in [0.1, 0.15) is 5.69 Å². The van der Waals surface area contributed by atoms with E-state index in [9.17, 15) is 4.79 Å². The number of morpholine rings is 1. The Bertz CT molecular complexity index is 1080. The molecule has 0 radical (unpaired) electrons. The second-order valence-corrected chi connectivity index (χ2v) is 9.62. The summed E-state index contributed by atoms with van der Waals surface area (Å²) >= 11 is 0. The van der Waals surface area contributed by atoms with Crippen molar-refractivity contribution < 1.29 is 9.53 Å². The number of nitrogens with zero attached hydrogens (tertiary/aromatic N) is 5. The molecule has 4 heterocycles. The number of benzene rings is 1. The van der Waals surface area contributed by atoms with E-state index < -0.39 is 0 Å². The Kier molecular flexibility index (Phi) is 6.74. The van der Waals surface area contributed by atoms with E-state index in [1.54, 1.807) is 17.1 Å². The molecule has 2 atom stereocenters. The molecule has 1 amide bonds. The number of piperidine rings is 1. The lowest BCUT2D eigenvalue weighted by molar-refractivity contribution is -0.0728. The standard InChI is InChI=1S/C27H33N5O2/c1-20-16-30(17-21(2)34-20)18-22-10-13-31(14-11-22)27(33)25-19-32(24-8-4-3-5-9-24)29-26(25)23-7-6-12-28-15-23/h3-9,12,15,19-22H,10-11,13-14,16-18H2,1-2H3. The van der Waals surface area contributed by atoms with Crippen LogP contribution in [0.15, 0.2) is 61.1 Å². The van der Waals surface area contributed by atoms with E-state index in [-0.39, 0.29) is 18.1 Å². The predicted octanol–water partition coefficient (Wildman–Crippen LogP) is 3.90. The van der Waals surface area contributed by atoms with Gasteiger partial charge in [-0.25, -0.2) is 4.68 Å². The second kappa shape index (κ2) is 10.1. The molecule has 0 N–H and O–H groups in total. The number of carbonyl (C=O) groups excluding carboxylic acids is 1. The number of hydrogen-bond donors (Lipinski definition) is 0. The third kappa shape index (κ3) is 5.05. The highest BCUT2D eigenvalue weighted by Crippen LogP contribution is 2.27. The van der Waals surface area contributed by atoms with Gasteiger partial charge in [0.15, 0.2) is 0 Å². The fourth-order valence-corrected chi connectivity index (χ4v) is 5.25. The normalized spacial score (nSPS) is 22.1. The fraction of sp³-hybridized carbons (Fsp3) is 0.444. The molecule has 0 saturated carbocycles. The minimum atomic E-state index is 0.0492. The lowest BCUT2D eigenvalue weighted by Gasteiger charge is -2.39. The van der Waals surface area contributed by atoms with E-state index in [1.807, 2.05) is 53.6 Å². The molecule has 2 unspecified atom stereocenters. The number of aromatic nitrogens is 3. The van der Waals surface area contributed by atoms with Crippen LogP contribution >= 0.6 is 0 Å². The van der Waals surface area contributed by atoms with Gasteiger partial charge in [0.2, 0.25) is 0 Å². The summed E-state index contributed by atoms with van der Waals surface area (Å²) in [5.74, 6) is 0.666. The molecule has 1 aromatic carbocycles. The fourth-order valence-electron chi connectivity index (χ4n) is 5.25. The topological polar surface area (TPSA) is 63.5 Å². The summed E-state index contributed by atoms with van der Waals surface area (Å²) in [6, 6.07) is 13.7. The zero-order chi connectivity index (χ0) is 23.5. The first-order valence-corrected chi connectivity index (χ1v) is 12.3. The minimum Gasteiger partial charge on any atom is -0.373 e. The Morgan fingerprint density at radius 1 is 1.03 bits per heavy atom. The molecule has 2 aliphatic heterocycles. The van der Waals surface area contributed by atoms with Crippen LogP contribution in [0.5, 0.6) is 0 Å². The summed E-state index contributed by atoms with van der Waals surface area (Å²) in [5.41, 5.74) is 3.09. The number of carbonyl (C=O) groups is 1. The van der Waals surface area contributed by atoms with Gasteiger partial charge in [0, 0.05) is 56.9 Å². The molecule has 34 heavy (non-hydrogen) atoms. The van der Waals surface area contributed by atoms with Crippen molar-refractivity contribution in [3.8, 4) is 16.9 Å². The molecule has 3 aromatic rings. The van der Waals surface area contributed by atoms with Gasteiger partial charge in [-0.2, -0.15) is 5.10 Å². The zero-order valence-electron chi connectivity index (χ0n) is 20.0. The van der Waals surface area contributed by atoms with Crippen molar-refractivity contribution in [1.29, 1.82) is 0 Å². The Balaban J connectivity index is 1.30. The molecule has 178 valence electrons. The summed E-state index contributed by atoms with van der Waals surface area (Å²) in [6.07, 6.45) is 8.00. The Hall–Kier alpha value is -3.03. The van der Waals surface area contributed by atoms with Crippen LogP contribution in [-0.4, -0.2) is 75.4 Å². The summed E-state index contributed by atoms with van der Waals surface area (Å²) in [7, 11) is 0. The van der Waals surface area contributed by atoms with E-state index >= 15 is 0 Å². The summed E-state index contributed by atoms with van der Waals surface area (Å²) in [4.78, 5) is 22.4. The van der Waals surface area contributed by atoms with Crippen LogP contribution in [0.2, 0.25) is 0 Å². The van der Waals surface area contributed by atoms with Crippen molar-refractivity contribution >= 4 is 5.91 Å². The van der Waals surface area contributed by atoms with Crippen LogP contribution < -0.4 is 0 Å². The number of pyridine rings is 1. The Morgan fingerprint density at radius 2 is 1.76 bits per heavy atom. The van der Waals surface area contributed by atoms with Gasteiger partial charge in [-0.3, -0.25) is 14.7 Å². The van der Waals surface area contributed by atoms with Gasteiger partial charge >= 0.3 is 0 Å². The Morgan fingerprint density at radius 3 is 2.44 bits per heavy atom. The van der Waals surface area contributed by atoms with Crippen molar-refractivity contribution in [2.45, 2.75) is 38.9 Å². The molecule has 2 aliphatic rings. The molecule has 0 aliphatic carbocycles. The first-order chi connectivity index (χ1) is 16.6. The van der Waals surface area contributed by atoms with Crippen LogP contribution in [0.3, 0.4) is 0 Å². The molecule has 7 heteroatoms. The van der Waals surface area contributed by atoms with Crippen molar-refractivity contribution in [3.05, 3.63) is 66.6 Å². The van der Waals surface area contributed by atoms with Gasteiger partial charge < -0.3 is 9.64 Å². The van der Waals surface area contributed by atoms with Crippen LogP contribution in [0, 0.1) is 5.92 Å². The van der Waals surface area contributed by atoms with E-state index in [0.29, 0.717) is 17.2 Å². The first-order valence-electron chi connectivity index (χ1n) is 12.3. The molecular weight excluding hydrogens is 426 g/mol. The monoisotopic (exact) mass is 459 g/mol. The SMILES string of the molecule is CC1CN(CC2CCN(C(=O)c3cn(-c4ccccc4)nc3-c3cccnc3)CC2)CC(C)O1. The zero-order valence-corrected chi connectivity index (χ0v) is 20.0. The quantitative estimate of drug-likeness (QED) is 0.579. The third-order valence-electron chi connectivity index (χ3n) is 6.81. The largest absolute Gasteiger partial charge is 0.373 e. The Labute approximate surface area is 201 Å². The van der Waals surface area contributed by atoms with Crippen LogP contribution in [0.1, 0.15) is 37.0 Å². The number of ether oxygens (including phenoxy) is 1. The maximum atomic E-state index is 13.6. The number of amides is 1. The molecule has 2 fully saturated rings. The van der Waals surface area contributed by atoms with Crippen LogP contribution in [0.25, 0.3) is 16.9 Å². The van der Waals surface area contributed by atoms with Crippen molar-refractivity contribution in [2.75, 3.05) is 32.7 Å². The summed E-state index contributed by atoms with van der Waals surface area (Å²) < 4.78 is 7.67. The van der Waals surface area contributed by atoms with Crippen molar-refractivity contribution in [3.63, 3.8) is 0 Å². The van der Waals surface area contributed by atoms with Crippen molar-refractivity contribution in [2.24, 2.45) is 5.92 Å². The predicted molar refractivity (Wildman–Crippen MR) is 132 cm³/mol. The third-order valence-corrected chi connectivity index (χ3v) is 6.81. The average molecular weight is 460 g/mol. The smallest absolute Gasteiger partial charge is 0.257 e. The number of hydrogen-bond acceptors (Lipinski definition) is 5. The number of rotatable bonds is 5. The van der Waals surface area contributed by atoms with Gasteiger partial charge in [0.25, 0.3) is 5.91 Å². The lowest BCUT2D eigenvalue weighted by Crippen LogP contribution is -2.48. The van der Waals surface area contributed by atoms with E-state index in [2.05, 4.69) is 23.7 Å². The van der Waals surface area contributed by atoms with Crippen LogP contribution in [-0.2, 0) is 4.74 Å². The minimum absolute atomic E-state index is 0.0492. The maximum Gasteiger partial charge on any atom is 0.257 e. The second-order valence-electron chi connectivity index (χ2n) is 9.62. The van der Waals surface area contributed by atoms with Gasteiger partial charge in [0.05, 0.1) is 23.5 Å². The molecule has 0 bridgehead atoms. The summed E-state index contributed by atoms with van der Waals surface area (Å²) in [6.45, 7) is 8.95. The maximum absolute atomic E-state index is 13.6. The summed E-state index contributed by atoms with van der Waals surface area (Å²) in [5, 5.41) is 4.78. The van der Waals surface area contributed by atoms with E-state index in [0.717, 1.165) is 56.8 Å². The number of para-hydroxylation sites is 1. The number of likely N-dealkylation sites (tertiary alicyclic amines) is 1. The first kappa shape index (κ1) is 22.7.